The Morgan fingerprint density at radius 1 is 1.11 bits per heavy atom. The van der Waals surface area contributed by atoms with Gasteiger partial charge in [0, 0.05) is 23.2 Å². The molecule has 0 saturated heterocycles. The lowest BCUT2D eigenvalue weighted by Gasteiger charge is -2.08. The van der Waals surface area contributed by atoms with Crippen LogP contribution in [0.1, 0.15) is 23.7 Å². The molecule has 0 spiro atoms. The second-order valence-electron chi connectivity index (χ2n) is 4.33. The lowest BCUT2D eigenvalue weighted by atomic mass is 10.1. The lowest BCUT2D eigenvalue weighted by molar-refractivity contribution is 1.14. The van der Waals surface area contributed by atoms with Crippen molar-refractivity contribution in [3.63, 3.8) is 0 Å². The summed E-state index contributed by atoms with van der Waals surface area (Å²) >= 11 is 12.4. The van der Waals surface area contributed by atoms with Gasteiger partial charge in [0.2, 0.25) is 0 Å². The fourth-order valence-corrected chi connectivity index (χ4v) is 2.50. The molecule has 0 radical (unpaired) electrons. The highest BCUT2D eigenvalue weighted by Gasteiger charge is 2.09. The van der Waals surface area contributed by atoms with E-state index in [0.717, 1.165) is 28.2 Å². The average Bonchev–Trinajstić information content (AvgIpc) is 2.35. The zero-order valence-corrected chi connectivity index (χ0v) is 12.5. The Labute approximate surface area is 123 Å². The van der Waals surface area contributed by atoms with E-state index >= 15 is 0 Å². The molecule has 0 saturated carbocycles. The van der Waals surface area contributed by atoms with Crippen molar-refractivity contribution < 1.29 is 0 Å². The number of nitrogens with zero attached hydrogens (tertiary/aromatic N) is 2. The maximum atomic E-state index is 6.18. The number of pyridine rings is 1. The van der Waals surface area contributed by atoms with Gasteiger partial charge in [0.05, 0.1) is 15.7 Å². The summed E-state index contributed by atoms with van der Waals surface area (Å²) in [5, 5.41) is 1.22. The second-order valence-corrected chi connectivity index (χ2v) is 5.15. The van der Waals surface area contributed by atoms with E-state index in [4.69, 9.17) is 23.2 Å². The van der Waals surface area contributed by atoms with E-state index in [2.05, 4.69) is 9.98 Å². The number of hydrogen-bond donors (Lipinski definition) is 0. The molecule has 0 aliphatic heterocycles. The van der Waals surface area contributed by atoms with Gasteiger partial charge < -0.3 is 0 Å². The van der Waals surface area contributed by atoms with Crippen LogP contribution in [0.5, 0.6) is 0 Å². The summed E-state index contributed by atoms with van der Waals surface area (Å²) in [4.78, 5) is 8.85. The number of hydrogen-bond acceptors (Lipinski definition) is 2. The van der Waals surface area contributed by atoms with Gasteiger partial charge in [-0.1, -0.05) is 29.3 Å². The van der Waals surface area contributed by atoms with Crippen LogP contribution in [0.2, 0.25) is 10.0 Å². The van der Waals surface area contributed by atoms with Gasteiger partial charge in [-0.25, -0.2) is 0 Å². The minimum absolute atomic E-state index is 0.609. The van der Waals surface area contributed by atoms with Crippen LogP contribution < -0.4 is 0 Å². The molecule has 19 heavy (non-hydrogen) atoms. The van der Waals surface area contributed by atoms with Gasteiger partial charge >= 0.3 is 0 Å². The Bertz CT molecular complexity index is 628. The number of aromatic nitrogens is 1. The Kier molecular flexibility index (Phi) is 4.23. The van der Waals surface area contributed by atoms with E-state index in [1.54, 1.807) is 6.20 Å². The molecule has 4 heteroatoms. The molecule has 2 nitrogen and oxygen atoms in total. The van der Waals surface area contributed by atoms with Crippen molar-refractivity contribution in [2.75, 3.05) is 0 Å². The zero-order chi connectivity index (χ0) is 14.0. The van der Waals surface area contributed by atoms with Crippen molar-refractivity contribution in [3.05, 3.63) is 57.3 Å². The molecule has 0 atom stereocenters. The van der Waals surface area contributed by atoms with Crippen LogP contribution in [0.3, 0.4) is 0 Å². The van der Waals surface area contributed by atoms with Crippen molar-refractivity contribution in [3.8, 4) is 0 Å². The highest BCUT2D eigenvalue weighted by Crippen LogP contribution is 2.27. The Balaban J connectivity index is 2.52. The summed E-state index contributed by atoms with van der Waals surface area (Å²) in [6, 6.07) is 7.33. The highest BCUT2D eigenvalue weighted by atomic mass is 35.5. The number of aliphatic imine (C=N–C) groups is 1. The van der Waals surface area contributed by atoms with Crippen LogP contribution >= 0.6 is 23.2 Å². The van der Waals surface area contributed by atoms with Gasteiger partial charge in [-0.15, -0.1) is 0 Å². The third-order valence-electron chi connectivity index (χ3n) is 3.04. The van der Waals surface area contributed by atoms with Gasteiger partial charge in [0.15, 0.2) is 0 Å². The van der Waals surface area contributed by atoms with Crippen LogP contribution in [0.25, 0.3) is 0 Å². The predicted molar refractivity (Wildman–Crippen MR) is 82.0 cm³/mol. The zero-order valence-electron chi connectivity index (χ0n) is 11.0. The highest BCUT2D eigenvalue weighted by molar-refractivity contribution is 6.40. The fraction of sp³-hybridized carbons (Fsp3) is 0.200. The summed E-state index contributed by atoms with van der Waals surface area (Å²) in [6.07, 6.45) is 1.75. The molecule has 0 aliphatic rings. The summed E-state index contributed by atoms with van der Waals surface area (Å²) < 4.78 is 0. The smallest absolute Gasteiger partial charge is 0.0695 e. The first-order valence-corrected chi connectivity index (χ1v) is 6.68. The van der Waals surface area contributed by atoms with Crippen molar-refractivity contribution >= 4 is 34.6 Å². The van der Waals surface area contributed by atoms with Crippen LogP contribution in [0.4, 0.5) is 5.69 Å². The van der Waals surface area contributed by atoms with E-state index in [0.29, 0.717) is 10.0 Å². The first kappa shape index (κ1) is 14.0. The number of benzene rings is 1. The minimum Gasteiger partial charge on any atom is -0.261 e. The first-order chi connectivity index (χ1) is 9.00. The maximum Gasteiger partial charge on any atom is 0.0695 e. The molecule has 1 heterocycles. The first-order valence-electron chi connectivity index (χ1n) is 5.92. The van der Waals surface area contributed by atoms with E-state index < -0.39 is 0 Å². The van der Waals surface area contributed by atoms with Crippen molar-refractivity contribution in [1.29, 1.82) is 0 Å². The van der Waals surface area contributed by atoms with E-state index in [9.17, 15) is 0 Å². The minimum atomic E-state index is 0.609. The molecular formula is C15H14Cl2N2. The second kappa shape index (κ2) is 5.72. The molecule has 2 rings (SSSR count). The summed E-state index contributed by atoms with van der Waals surface area (Å²) in [5.74, 6) is 0. The third-order valence-corrected chi connectivity index (χ3v) is 3.67. The SMILES string of the molecule is CC(=Nc1ccnc(C)c1C)c1c(Cl)cccc1Cl. The Morgan fingerprint density at radius 2 is 1.74 bits per heavy atom. The molecule has 0 N–H and O–H groups in total. The largest absolute Gasteiger partial charge is 0.261 e. The molecular weight excluding hydrogens is 279 g/mol. The van der Waals surface area contributed by atoms with Gasteiger partial charge in [0.1, 0.15) is 0 Å². The predicted octanol–water partition coefficient (Wildman–Crippen LogP) is 5.15. The van der Waals surface area contributed by atoms with Crippen LogP contribution in [0.15, 0.2) is 35.5 Å². The topological polar surface area (TPSA) is 25.2 Å². The van der Waals surface area contributed by atoms with E-state index in [1.807, 2.05) is 45.0 Å². The molecule has 0 aliphatic carbocycles. The molecule has 0 fully saturated rings. The van der Waals surface area contributed by atoms with Crippen LogP contribution in [-0.4, -0.2) is 10.7 Å². The molecule has 98 valence electrons. The summed E-state index contributed by atoms with van der Waals surface area (Å²) in [6.45, 7) is 5.87. The van der Waals surface area contributed by atoms with Crippen LogP contribution in [-0.2, 0) is 0 Å². The van der Waals surface area contributed by atoms with Crippen molar-refractivity contribution in [2.45, 2.75) is 20.8 Å². The molecule has 1 aromatic heterocycles. The molecule has 0 unspecified atom stereocenters. The quantitative estimate of drug-likeness (QED) is 0.703. The third kappa shape index (κ3) is 2.96. The summed E-state index contributed by atoms with van der Waals surface area (Å²) in [7, 11) is 0. The monoisotopic (exact) mass is 292 g/mol. The van der Waals surface area contributed by atoms with Gasteiger partial charge in [-0.2, -0.15) is 0 Å². The standard InChI is InChI=1S/C15H14Cl2N2/c1-9-10(2)18-8-7-14(9)19-11(3)15-12(16)5-4-6-13(15)17/h4-8H,1-3H3. The van der Waals surface area contributed by atoms with Crippen LogP contribution in [0, 0.1) is 13.8 Å². The molecule has 0 bridgehead atoms. The van der Waals surface area contributed by atoms with Gasteiger partial charge in [-0.05, 0) is 44.5 Å². The Morgan fingerprint density at radius 3 is 2.37 bits per heavy atom. The van der Waals surface area contributed by atoms with Gasteiger partial charge in [0.25, 0.3) is 0 Å². The molecule has 1 aromatic carbocycles. The average molecular weight is 293 g/mol. The number of rotatable bonds is 2. The lowest BCUT2D eigenvalue weighted by Crippen LogP contribution is -1.97. The number of aryl methyl sites for hydroxylation is 1. The molecule has 0 amide bonds. The fourth-order valence-electron chi connectivity index (χ4n) is 1.83. The Hall–Kier alpha value is -1.38. The van der Waals surface area contributed by atoms with Crippen molar-refractivity contribution in [1.82, 2.24) is 4.98 Å². The normalized spacial score (nSPS) is 11.7. The molecule has 2 aromatic rings. The summed E-state index contributed by atoms with van der Waals surface area (Å²) in [5.41, 5.74) is 4.49. The van der Waals surface area contributed by atoms with E-state index in [1.165, 1.54) is 0 Å². The maximum absolute atomic E-state index is 6.18. The van der Waals surface area contributed by atoms with Gasteiger partial charge in [-0.3, -0.25) is 9.98 Å². The van der Waals surface area contributed by atoms with E-state index in [-0.39, 0.29) is 0 Å². The van der Waals surface area contributed by atoms with Crippen molar-refractivity contribution in [2.24, 2.45) is 4.99 Å². The number of halogens is 2.